The first kappa shape index (κ1) is 15.5. The maximum absolute atomic E-state index is 10.1. The second-order valence-electron chi connectivity index (χ2n) is 6.73. The van der Waals surface area contributed by atoms with Crippen LogP contribution < -0.4 is 0 Å². The van der Waals surface area contributed by atoms with E-state index in [0.717, 1.165) is 28.7 Å². The summed E-state index contributed by atoms with van der Waals surface area (Å²) in [5.41, 5.74) is 9.34. The Balaban J connectivity index is 1.98. The molecular weight excluding hydrogens is 308 g/mol. The largest absolute Gasteiger partial charge is 0.508 e. The normalized spacial score (nSPS) is 13.2. The number of allylic oxidation sites excluding steroid dienone is 1. The molecule has 0 aromatic heterocycles. The minimum Gasteiger partial charge on any atom is -0.508 e. The zero-order valence-corrected chi connectivity index (χ0v) is 14.4. The monoisotopic (exact) mass is 328 g/mol. The highest BCUT2D eigenvalue weighted by atomic mass is 16.3. The van der Waals surface area contributed by atoms with E-state index >= 15 is 0 Å². The van der Waals surface area contributed by atoms with Gasteiger partial charge in [0.25, 0.3) is 0 Å². The van der Waals surface area contributed by atoms with Gasteiger partial charge in [-0.1, -0.05) is 42.0 Å². The molecule has 0 fully saturated rings. The van der Waals surface area contributed by atoms with Crippen molar-refractivity contribution in [2.45, 2.75) is 20.3 Å². The maximum atomic E-state index is 10.1. The standard InChI is InChI=1S/C23H20O2/c1-14-3-5-17(6-4-14)23-21(16-7-9-18(24)10-8-16)13-20-15(2)11-19(25)12-22(20)23/h3-12,24-25H,13H2,1-2H3. The third-order valence-corrected chi connectivity index (χ3v) is 4.94. The van der Waals surface area contributed by atoms with E-state index in [1.807, 2.05) is 31.2 Å². The van der Waals surface area contributed by atoms with E-state index in [0.29, 0.717) is 5.75 Å². The highest BCUT2D eigenvalue weighted by Gasteiger charge is 2.25. The molecule has 0 amide bonds. The van der Waals surface area contributed by atoms with E-state index in [-0.39, 0.29) is 5.75 Å². The van der Waals surface area contributed by atoms with Crippen LogP contribution in [0.3, 0.4) is 0 Å². The van der Waals surface area contributed by atoms with Gasteiger partial charge >= 0.3 is 0 Å². The Morgan fingerprint density at radius 2 is 1.36 bits per heavy atom. The molecule has 124 valence electrons. The van der Waals surface area contributed by atoms with Gasteiger partial charge in [-0.25, -0.2) is 0 Å². The molecule has 1 aliphatic carbocycles. The van der Waals surface area contributed by atoms with Gasteiger partial charge in [0.15, 0.2) is 0 Å². The van der Waals surface area contributed by atoms with Crippen LogP contribution in [0.4, 0.5) is 0 Å². The predicted octanol–water partition coefficient (Wildman–Crippen LogP) is 5.23. The van der Waals surface area contributed by atoms with E-state index in [1.165, 1.54) is 22.3 Å². The summed E-state index contributed by atoms with van der Waals surface area (Å²) in [6.07, 6.45) is 0.829. The van der Waals surface area contributed by atoms with Gasteiger partial charge in [-0.15, -0.1) is 0 Å². The van der Waals surface area contributed by atoms with Gasteiger partial charge in [-0.05, 0) is 83.5 Å². The average Bonchev–Trinajstić information content (AvgIpc) is 2.96. The van der Waals surface area contributed by atoms with Gasteiger partial charge < -0.3 is 10.2 Å². The van der Waals surface area contributed by atoms with Crippen LogP contribution in [0.1, 0.15) is 33.4 Å². The van der Waals surface area contributed by atoms with E-state index in [9.17, 15) is 10.2 Å². The fraction of sp³-hybridized carbons (Fsp3) is 0.130. The molecule has 0 unspecified atom stereocenters. The van der Waals surface area contributed by atoms with Crippen LogP contribution in [-0.4, -0.2) is 10.2 Å². The number of phenolic OH excluding ortho intramolecular Hbond substituents is 2. The van der Waals surface area contributed by atoms with Gasteiger partial charge in [-0.3, -0.25) is 0 Å². The number of benzene rings is 3. The molecule has 0 heterocycles. The molecule has 4 rings (SSSR count). The van der Waals surface area contributed by atoms with Crippen molar-refractivity contribution in [3.63, 3.8) is 0 Å². The van der Waals surface area contributed by atoms with Crippen LogP contribution in [0.25, 0.3) is 11.1 Å². The summed E-state index contributed by atoms with van der Waals surface area (Å²) in [5.74, 6) is 0.568. The summed E-state index contributed by atoms with van der Waals surface area (Å²) >= 11 is 0. The highest BCUT2D eigenvalue weighted by molar-refractivity contribution is 6.04. The second kappa shape index (κ2) is 5.82. The lowest BCUT2D eigenvalue weighted by Gasteiger charge is -2.11. The van der Waals surface area contributed by atoms with Crippen LogP contribution >= 0.6 is 0 Å². The van der Waals surface area contributed by atoms with Crippen LogP contribution in [0.2, 0.25) is 0 Å². The molecule has 3 aromatic rings. The van der Waals surface area contributed by atoms with Crippen molar-refractivity contribution in [1.29, 1.82) is 0 Å². The lowest BCUT2D eigenvalue weighted by Crippen LogP contribution is -1.90. The Bertz CT molecular complexity index is 978. The Morgan fingerprint density at radius 3 is 2.04 bits per heavy atom. The molecule has 2 nitrogen and oxygen atoms in total. The first-order valence-corrected chi connectivity index (χ1v) is 8.45. The first-order chi connectivity index (χ1) is 12.0. The van der Waals surface area contributed by atoms with E-state index in [2.05, 4.69) is 31.2 Å². The van der Waals surface area contributed by atoms with Crippen molar-refractivity contribution >= 4 is 11.1 Å². The summed E-state index contributed by atoms with van der Waals surface area (Å²) in [7, 11) is 0. The fourth-order valence-corrected chi connectivity index (χ4v) is 3.64. The lowest BCUT2D eigenvalue weighted by atomic mass is 9.93. The van der Waals surface area contributed by atoms with Gasteiger partial charge in [0, 0.05) is 0 Å². The number of rotatable bonds is 2. The average molecular weight is 328 g/mol. The summed E-state index contributed by atoms with van der Waals surface area (Å²) in [5, 5.41) is 19.7. The predicted molar refractivity (Wildman–Crippen MR) is 102 cm³/mol. The van der Waals surface area contributed by atoms with Crippen molar-refractivity contribution < 1.29 is 10.2 Å². The highest BCUT2D eigenvalue weighted by Crippen LogP contribution is 2.44. The fourth-order valence-electron chi connectivity index (χ4n) is 3.64. The number of fused-ring (bicyclic) bond motifs is 1. The van der Waals surface area contributed by atoms with Crippen molar-refractivity contribution in [3.05, 3.63) is 94.0 Å². The molecule has 0 radical (unpaired) electrons. The van der Waals surface area contributed by atoms with Crippen molar-refractivity contribution in [2.75, 3.05) is 0 Å². The molecule has 0 aliphatic heterocycles. The maximum Gasteiger partial charge on any atom is 0.116 e. The minimum atomic E-state index is 0.269. The molecule has 2 heteroatoms. The molecule has 0 spiro atoms. The van der Waals surface area contributed by atoms with E-state index in [4.69, 9.17) is 0 Å². The molecule has 1 aliphatic rings. The van der Waals surface area contributed by atoms with Gasteiger partial charge in [-0.2, -0.15) is 0 Å². The number of phenols is 2. The molecule has 0 atom stereocenters. The quantitative estimate of drug-likeness (QED) is 0.676. The first-order valence-electron chi connectivity index (χ1n) is 8.45. The summed E-state index contributed by atoms with van der Waals surface area (Å²) in [4.78, 5) is 0. The Hall–Kier alpha value is -3.00. The summed E-state index contributed by atoms with van der Waals surface area (Å²) in [6, 6.07) is 19.6. The topological polar surface area (TPSA) is 40.5 Å². The molecule has 0 saturated carbocycles. The second-order valence-corrected chi connectivity index (χ2v) is 6.73. The molecule has 3 aromatic carbocycles. The molecule has 0 bridgehead atoms. The molecule has 0 saturated heterocycles. The number of hydrogen-bond acceptors (Lipinski definition) is 2. The zero-order chi connectivity index (χ0) is 17.6. The van der Waals surface area contributed by atoms with Crippen molar-refractivity contribution in [3.8, 4) is 11.5 Å². The Kier molecular flexibility index (Phi) is 3.61. The van der Waals surface area contributed by atoms with Gasteiger partial charge in [0.05, 0.1) is 0 Å². The minimum absolute atomic E-state index is 0.269. The van der Waals surface area contributed by atoms with Gasteiger partial charge in [0.2, 0.25) is 0 Å². The SMILES string of the molecule is Cc1ccc(C2=C(c3ccc(O)cc3)Cc3c(C)cc(O)cc32)cc1. The molecule has 2 N–H and O–H groups in total. The molecule has 25 heavy (non-hydrogen) atoms. The van der Waals surface area contributed by atoms with Crippen LogP contribution in [0.15, 0.2) is 60.7 Å². The smallest absolute Gasteiger partial charge is 0.116 e. The summed E-state index contributed by atoms with van der Waals surface area (Å²) < 4.78 is 0. The zero-order valence-electron chi connectivity index (χ0n) is 14.4. The third kappa shape index (κ3) is 2.70. The van der Waals surface area contributed by atoms with Crippen LogP contribution in [0, 0.1) is 13.8 Å². The van der Waals surface area contributed by atoms with E-state index in [1.54, 1.807) is 12.1 Å². The van der Waals surface area contributed by atoms with E-state index < -0.39 is 0 Å². The van der Waals surface area contributed by atoms with Crippen molar-refractivity contribution in [1.82, 2.24) is 0 Å². The van der Waals surface area contributed by atoms with Crippen LogP contribution in [-0.2, 0) is 6.42 Å². The Labute approximate surface area is 147 Å². The number of aromatic hydroxyl groups is 2. The number of hydrogen-bond donors (Lipinski definition) is 2. The third-order valence-electron chi connectivity index (χ3n) is 4.94. The lowest BCUT2D eigenvalue weighted by molar-refractivity contribution is 0.474. The van der Waals surface area contributed by atoms with Gasteiger partial charge in [0.1, 0.15) is 11.5 Å². The molecular formula is C23H20O2. The van der Waals surface area contributed by atoms with Crippen molar-refractivity contribution in [2.24, 2.45) is 0 Å². The Morgan fingerprint density at radius 1 is 0.720 bits per heavy atom. The number of aryl methyl sites for hydroxylation is 2. The summed E-state index contributed by atoms with van der Waals surface area (Å²) in [6.45, 7) is 4.13. The van der Waals surface area contributed by atoms with Crippen LogP contribution in [0.5, 0.6) is 11.5 Å².